The molecule has 140 valence electrons. The van der Waals surface area contributed by atoms with Gasteiger partial charge in [-0.2, -0.15) is 0 Å². The number of halogens is 2. The fourth-order valence-corrected chi connectivity index (χ4v) is 2.87. The smallest absolute Gasteiger partial charge is 0.344 e. The van der Waals surface area contributed by atoms with Crippen molar-refractivity contribution < 1.29 is 23.1 Å². The monoisotopic (exact) mass is 365 g/mol. The van der Waals surface area contributed by atoms with E-state index in [-0.39, 0.29) is 23.1 Å². The van der Waals surface area contributed by atoms with Crippen LogP contribution in [0, 0.1) is 17.0 Å². The molecule has 0 atom stereocenters. The van der Waals surface area contributed by atoms with Gasteiger partial charge in [-0.05, 0) is 31.9 Å². The summed E-state index contributed by atoms with van der Waals surface area (Å²) in [5.74, 6) is -4.08. The maximum Gasteiger partial charge on any atom is 0.344 e. The van der Waals surface area contributed by atoms with Gasteiger partial charge in [0, 0.05) is 11.8 Å². The molecule has 0 heterocycles. The topological polar surface area (TPSA) is 105 Å². The van der Waals surface area contributed by atoms with Gasteiger partial charge in [0.15, 0.2) is 6.61 Å². The zero-order valence-corrected chi connectivity index (χ0v) is 14.4. The molecule has 4 N–H and O–H groups in total. The third kappa shape index (κ3) is 4.65. The van der Waals surface area contributed by atoms with E-state index in [4.69, 9.17) is 15.9 Å². The van der Waals surface area contributed by atoms with E-state index in [1.165, 1.54) is 6.92 Å². The molecule has 0 aromatic heterocycles. The Hall–Kier alpha value is -2.77. The molecule has 0 radical (unpaired) electrons. The molecule has 8 heteroatoms. The van der Waals surface area contributed by atoms with Crippen LogP contribution in [0.3, 0.4) is 0 Å². The molecule has 2 rings (SSSR count). The summed E-state index contributed by atoms with van der Waals surface area (Å²) in [5.41, 5.74) is 4.79. The first-order valence-corrected chi connectivity index (χ1v) is 8.27. The minimum Gasteiger partial charge on any atom is -0.454 e. The predicted molar refractivity (Wildman–Crippen MR) is 91.7 cm³/mol. The molecular weight excluding hydrogens is 344 g/mol. The number of benzene rings is 1. The zero-order valence-electron chi connectivity index (χ0n) is 14.4. The number of nitrogens with one attached hydrogen (secondary N) is 2. The zero-order chi connectivity index (χ0) is 19.3. The molecule has 6 nitrogen and oxygen atoms in total. The van der Waals surface area contributed by atoms with Crippen molar-refractivity contribution in [3.8, 4) is 0 Å². The molecule has 1 aliphatic carbocycles. The Morgan fingerprint density at radius 2 is 1.85 bits per heavy atom. The van der Waals surface area contributed by atoms with Gasteiger partial charge in [0.2, 0.25) is 5.78 Å². The second-order valence-electron chi connectivity index (χ2n) is 6.14. The molecule has 0 saturated heterocycles. The SMILES string of the molecule is CC(=N)/C(C(=O)OCC(=O)c1c(F)cccc1F)=C(/N)NC1CCCC1. The van der Waals surface area contributed by atoms with E-state index in [0.29, 0.717) is 0 Å². The van der Waals surface area contributed by atoms with E-state index in [0.717, 1.165) is 43.9 Å². The van der Waals surface area contributed by atoms with Gasteiger partial charge in [-0.3, -0.25) is 4.79 Å². The van der Waals surface area contributed by atoms with Gasteiger partial charge in [-0.25, -0.2) is 13.6 Å². The summed E-state index contributed by atoms with van der Waals surface area (Å²) in [6.07, 6.45) is 3.92. The summed E-state index contributed by atoms with van der Waals surface area (Å²) >= 11 is 0. The maximum atomic E-state index is 13.6. The van der Waals surface area contributed by atoms with Crippen molar-refractivity contribution in [2.24, 2.45) is 5.73 Å². The van der Waals surface area contributed by atoms with E-state index in [9.17, 15) is 18.4 Å². The molecule has 0 unspecified atom stereocenters. The molecule has 26 heavy (non-hydrogen) atoms. The number of carbonyl (C=O) groups excluding carboxylic acids is 2. The molecule has 0 amide bonds. The minimum atomic E-state index is -1.03. The van der Waals surface area contributed by atoms with Crippen LogP contribution in [0.5, 0.6) is 0 Å². The summed E-state index contributed by atoms with van der Waals surface area (Å²) in [7, 11) is 0. The average molecular weight is 365 g/mol. The van der Waals surface area contributed by atoms with Crippen LogP contribution in [0.4, 0.5) is 8.78 Å². The number of nitrogens with two attached hydrogens (primary N) is 1. The van der Waals surface area contributed by atoms with Crippen molar-refractivity contribution in [1.82, 2.24) is 5.32 Å². The number of ketones is 1. The first-order valence-electron chi connectivity index (χ1n) is 8.27. The van der Waals surface area contributed by atoms with Gasteiger partial charge >= 0.3 is 5.97 Å². The van der Waals surface area contributed by atoms with Crippen LogP contribution in [0.2, 0.25) is 0 Å². The highest BCUT2D eigenvalue weighted by Crippen LogP contribution is 2.19. The molecule has 1 aromatic rings. The van der Waals surface area contributed by atoms with Crippen molar-refractivity contribution >= 4 is 17.5 Å². The quantitative estimate of drug-likeness (QED) is 0.298. The molecule has 1 aliphatic rings. The Morgan fingerprint density at radius 3 is 2.38 bits per heavy atom. The van der Waals surface area contributed by atoms with Crippen LogP contribution in [0.15, 0.2) is 29.6 Å². The number of hydrogen-bond donors (Lipinski definition) is 3. The normalized spacial score (nSPS) is 15.3. The molecule has 0 aliphatic heterocycles. The van der Waals surface area contributed by atoms with Crippen LogP contribution in [0.1, 0.15) is 43.0 Å². The first-order chi connectivity index (χ1) is 12.3. The second-order valence-corrected chi connectivity index (χ2v) is 6.14. The van der Waals surface area contributed by atoms with Crippen LogP contribution >= 0.6 is 0 Å². The molecule has 0 bridgehead atoms. The van der Waals surface area contributed by atoms with Crippen molar-refractivity contribution in [2.75, 3.05) is 6.61 Å². The number of hydrogen-bond acceptors (Lipinski definition) is 6. The van der Waals surface area contributed by atoms with E-state index in [1.807, 2.05) is 0 Å². The van der Waals surface area contributed by atoms with E-state index < -0.39 is 35.6 Å². The molecule has 0 spiro atoms. The maximum absolute atomic E-state index is 13.6. The lowest BCUT2D eigenvalue weighted by molar-refractivity contribution is -0.137. The highest BCUT2D eigenvalue weighted by atomic mass is 19.1. The first kappa shape index (κ1) is 19.6. The molecule has 1 aromatic carbocycles. The lowest BCUT2D eigenvalue weighted by Gasteiger charge is -2.17. The van der Waals surface area contributed by atoms with E-state index >= 15 is 0 Å². The van der Waals surface area contributed by atoms with Crippen molar-refractivity contribution in [3.05, 3.63) is 46.8 Å². The van der Waals surface area contributed by atoms with Crippen molar-refractivity contribution in [1.29, 1.82) is 5.41 Å². The standard InChI is InChI=1S/C18H21F2N3O3/c1-10(21)15(17(22)23-11-5-2-3-6-11)18(25)26-9-14(24)16-12(19)7-4-8-13(16)20/h4,7-8,11,21,23H,2-3,5-6,9,22H2,1H3/b17-15+,21-10?. The summed E-state index contributed by atoms with van der Waals surface area (Å²) in [5, 5.41) is 10.7. The van der Waals surface area contributed by atoms with Crippen molar-refractivity contribution in [3.63, 3.8) is 0 Å². The number of Topliss-reactive ketones (excluding diaryl/α,β-unsaturated/α-hetero) is 1. The fraction of sp³-hybridized carbons (Fsp3) is 0.389. The Balaban J connectivity index is 2.08. The second kappa shape index (κ2) is 8.55. The van der Waals surface area contributed by atoms with Crippen LogP contribution in [-0.2, 0) is 9.53 Å². The van der Waals surface area contributed by atoms with Gasteiger partial charge in [-0.1, -0.05) is 18.9 Å². The van der Waals surface area contributed by atoms with Gasteiger partial charge < -0.3 is 21.2 Å². The average Bonchev–Trinajstić information content (AvgIpc) is 3.05. The highest BCUT2D eigenvalue weighted by Gasteiger charge is 2.24. The van der Waals surface area contributed by atoms with Gasteiger partial charge in [0.05, 0.1) is 5.56 Å². The Labute approximate surface area is 149 Å². The lowest BCUT2D eigenvalue weighted by atomic mass is 10.1. The summed E-state index contributed by atoms with van der Waals surface area (Å²) in [6, 6.07) is 3.12. The van der Waals surface area contributed by atoms with Crippen LogP contribution in [0.25, 0.3) is 0 Å². The Bertz CT molecular complexity index is 736. The Morgan fingerprint density at radius 1 is 1.27 bits per heavy atom. The predicted octanol–water partition coefficient (Wildman–Crippen LogP) is 2.43. The molecule has 1 fully saturated rings. The lowest BCUT2D eigenvalue weighted by Crippen LogP contribution is -2.34. The van der Waals surface area contributed by atoms with E-state index in [1.54, 1.807) is 0 Å². The van der Waals surface area contributed by atoms with Gasteiger partial charge in [0.25, 0.3) is 0 Å². The largest absolute Gasteiger partial charge is 0.454 e. The number of ether oxygens (including phenoxy) is 1. The fourth-order valence-electron chi connectivity index (χ4n) is 2.87. The third-order valence-electron chi connectivity index (χ3n) is 4.14. The van der Waals surface area contributed by atoms with Crippen LogP contribution < -0.4 is 11.1 Å². The summed E-state index contributed by atoms with van der Waals surface area (Å²) in [4.78, 5) is 24.2. The molecule has 1 saturated carbocycles. The van der Waals surface area contributed by atoms with E-state index in [2.05, 4.69) is 5.32 Å². The Kier molecular flexibility index (Phi) is 6.43. The number of esters is 1. The molecular formula is C18H21F2N3O3. The van der Waals surface area contributed by atoms with Gasteiger partial charge in [-0.15, -0.1) is 0 Å². The minimum absolute atomic E-state index is 0.000999. The third-order valence-corrected chi connectivity index (χ3v) is 4.14. The van der Waals surface area contributed by atoms with Crippen LogP contribution in [-0.4, -0.2) is 30.1 Å². The highest BCUT2D eigenvalue weighted by molar-refractivity contribution is 6.18. The summed E-state index contributed by atoms with van der Waals surface area (Å²) < 4.78 is 32.0. The van der Waals surface area contributed by atoms with Gasteiger partial charge in [0.1, 0.15) is 23.0 Å². The van der Waals surface area contributed by atoms with Crippen molar-refractivity contribution in [2.45, 2.75) is 38.6 Å². The summed E-state index contributed by atoms with van der Waals surface area (Å²) in [6.45, 7) is 0.502. The number of carbonyl (C=O) groups is 2. The number of rotatable bonds is 7.